The third-order valence-electron chi connectivity index (χ3n) is 4.43. The molecule has 5 heteroatoms. The van der Waals surface area contributed by atoms with E-state index in [4.69, 9.17) is 9.47 Å². The van der Waals surface area contributed by atoms with Crippen LogP contribution in [0.4, 0.5) is 4.39 Å². The topological polar surface area (TPSA) is 55.8 Å². The molecule has 0 heterocycles. The smallest absolute Gasteiger partial charge is 0.339 e. The van der Waals surface area contributed by atoms with Crippen LogP contribution in [0.5, 0.6) is 11.5 Å². The number of carboxylic acids is 1. The van der Waals surface area contributed by atoms with E-state index in [0.717, 1.165) is 12.8 Å². The van der Waals surface area contributed by atoms with Crippen LogP contribution in [-0.4, -0.2) is 17.7 Å². The summed E-state index contributed by atoms with van der Waals surface area (Å²) in [4.78, 5) is 11.5. The molecule has 0 atom stereocenters. The lowest BCUT2D eigenvalue weighted by molar-refractivity contribution is 0.0690. The molecule has 0 spiro atoms. The standard InChI is InChI=1S/C20H21FO4/c21-16-7-3-6-15(10-16)13-24-17-8-9-19(18(11-17)20(22)23)25-12-14-4-1-2-5-14/h3,6-11,14H,1-2,4-5,12-13H2,(H,22,23). The van der Waals surface area contributed by atoms with Gasteiger partial charge in [-0.05, 0) is 54.7 Å². The molecule has 1 fully saturated rings. The van der Waals surface area contributed by atoms with Gasteiger partial charge in [0.2, 0.25) is 0 Å². The van der Waals surface area contributed by atoms with Gasteiger partial charge in [0.1, 0.15) is 29.5 Å². The first kappa shape index (κ1) is 17.3. The van der Waals surface area contributed by atoms with E-state index in [-0.39, 0.29) is 18.0 Å². The van der Waals surface area contributed by atoms with Gasteiger partial charge in [-0.1, -0.05) is 25.0 Å². The van der Waals surface area contributed by atoms with Crippen LogP contribution in [-0.2, 0) is 6.61 Å². The Balaban J connectivity index is 1.66. The molecule has 132 valence electrons. The Labute approximate surface area is 146 Å². The predicted molar refractivity (Wildman–Crippen MR) is 91.6 cm³/mol. The predicted octanol–water partition coefficient (Wildman–Crippen LogP) is 4.67. The van der Waals surface area contributed by atoms with Gasteiger partial charge in [-0.2, -0.15) is 0 Å². The molecule has 0 bridgehead atoms. The number of hydrogen-bond donors (Lipinski definition) is 1. The highest BCUT2D eigenvalue weighted by Crippen LogP contribution is 2.29. The largest absolute Gasteiger partial charge is 0.492 e. The summed E-state index contributed by atoms with van der Waals surface area (Å²) in [7, 11) is 0. The fourth-order valence-electron chi connectivity index (χ4n) is 3.07. The van der Waals surface area contributed by atoms with Crippen molar-refractivity contribution in [3.8, 4) is 11.5 Å². The number of rotatable bonds is 7. The molecule has 3 rings (SSSR count). The van der Waals surface area contributed by atoms with Crippen LogP contribution in [0.3, 0.4) is 0 Å². The van der Waals surface area contributed by atoms with Gasteiger partial charge in [0.15, 0.2) is 0 Å². The van der Waals surface area contributed by atoms with Crippen LogP contribution in [0.25, 0.3) is 0 Å². The van der Waals surface area contributed by atoms with Gasteiger partial charge < -0.3 is 14.6 Å². The third kappa shape index (κ3) is 4.72. The van der Waals surface area contributed by atoms with Crippen molar-refractivity contribution in [1.29, 1.82) is 0 Å². The van der Waals surface area contributed by atoms with Gasteiger partial charge in [0, 0.05) is 0 Å². The second kappa shape index (κ2) is 8.01. The Morgan fingerprint density at radius 2 is 1.92 bits per heavy atom. The molecule has 1 aliphatic carbocycles. The first-order chi connectivity index (χ1) is 12.1. The third-order valence-corrected chi connectivity index (χ3v) is 4.43. The summed E-state index contributed by atoms with van der Waals surface area (Å²) in [5.74, 6) is -0.112. The lowest BCUT2D eigenvalue weighted by atomic mass is 10.1. The molecule has 1 aliphatic rings. The minimum atomic E-state index is -1.06. The van der Waals surface area contributed by atoms with Crippen molar-refractivity contribution in [3.63, 3.8) is 0 Å². The summed E-state index contributed by atoms with van der Waals surface area (Å²) in [5, 5.41) is 9.42. The summed E-state index contributed by atoms with van der Waals surface area (Å²) >= 11 is 0. The lowest BCUT2D eigenvalue weighted by Gasteiger charge is -2.14. The van der Waals surface area contributed by atoms with Crippen molar-refractivity contribution < 1.29 is 23.8 Å². The van der Waals surface area contributed by atoms with Crippen LogP contribution in [0.1, 0.15) is 41.6 Å². The van der Waals surface area contributed by atoms with E-state index in [0.29, 0.717) is 29.6 Å². The Hall–Kier alpha value is -2.56. The molecule has 0 amide bonds. The molecule has 0 aromatic heterocycles. The highest BCUT2D eigenvalue weighted by molar-refractivity contribution is 5.91. The second-order valence-corrected chi connectivity index (χ2v) is 6.34. The summed E-state index contributed by atoms with van der Waals surface area (Å²) in [6, 6.07) is 10.9. The molecule has 0 radical (unpaired) electrons. The lowest BCUT2D eigenvalue weighted by Crippen LogP contribution is -2.11. The maximum Gasteiger partial charge on any atom is 0.339 e. The molecule has 0 unspecified atom stereocenters. The number of ether oxygens (including phenoxy) is 2. The van der Waals surface area contributed by atoms with Crippen LogP contribution in [0, 0.1) is 11.7 Å². The van der Waals surface area contributed by atoms with E-state index in [1.165, 1.54) is 31.0 Å². The SMILES string of the molecule is O=C(O)c1cc(OCc2cccc(F)c2)ccc1OCC1CCCC1. The Bertz CT molecular complexity index is 738. The van der Waals surface area contributed by atoms with Crippen LogP contribution < -0.4 is 9.47 Å². The number of benzene rings is 2. The number of carboxylic acid groups (broad SMARTS) is 1. The average Bonchev–Trinajstić information content (AvgIpc) is 3.12. The fourth-order valence-corrected chi connectivity index (χ4v) is 3.07. The van der Waals surface area contributed by atoms with E-state index in [1.807, 2.05) is 0 Å². The van der Waals surface area contributed by atoms with Crippen molar-refractivity contribution in [2.24, 2.45) is 5.92 Å². The second-order valence-electron chi connectivity index (χ2n) is 6.34. The van der Waals surface area contributed by atoms with Crippen molar-refractivity contribution in [2.75, 3.05) is 6.61 Å². The Morgan fingerprint density at radius 3 is 2.64 bits per heavy atom. The molecule has 2 aromatic carbocycles. The number of halogens is 1. The number of hydrogen-bond acceptors (Lipinski definition) is 3. The minimum Gasteiger partial charge on any atom is -0.492 e. The van der Waals surface area contributed by atoms with Gasteiger partial charge in [-0.15, -0.1) is 0 Å². The van der Waals surface area contributed by atoms with E-state index < -0.39 is 5.97 Å². The molecular weight excluding hydrogens is 323 g/mol. The van der Waals surface area contributed by atoms with Crippen molar-refractivity contribution in [1.82, 2.24) is 0 Å². The zero-order valence-electron chi connectivity index (χ0n) is 13.9. The van der Waals surface area contributed by atoms with Crippen LogP contribution in [0.2, 0.25) is 0 Å². The Morgan fingerprint density at radius 1 is 1.12 bits per heavy atom. The normalized spacial score (nSPS) is 14.4. The minimum absolute atomic E-state index is 0.0785. The molecule has 25 heavy (non-hydrogen) atoms. The van der Waals surface area contributed by atoms with Crippen LogP contribution in [0.15, 0.2) is 42.5 Å². The van der Waals surface area contributed by atoms with Gasteiger partial charge in [0.25, 0.3) is 0 Å². The Kier molecular flexibility index (Phi) is 5.53. The van der Waals surface area contributed by atoms with Gasteiger partial charge in [-0.25, -0.2) is 9.18 Å². The van der Waals surface area contributed by atoms with E-state index in [2.05, 4.69) is 0 Å². The summed E-state index contributed by atoms with van der Waals surface area (Å²) in [6.07, 6.45) is 4.70. The molecule has 2 aromatic rings. The van der Waals surface area contributed by atoms with Gasteiger partial charge in [-0.3, -0.25) is 0 Å². The molecule has 4 nitrogen and oxygen atoms in total. The maximum atomic E-state index is 13.2. The summed E-state index contributed by atoms with van der Waals surface area (Å²) in [6.45, 7) is 0.711. The highest BCUT2D eigenvalue weighted by atomic mass is 19.1. The monoisotopic (exact) mass is 344 g/mol. The van der Waals surface area contributed by atoms with Crippen molar-refractivity contribution in [3.05, 3.63) is 59.4 Å². The molecule has 1 saturated carbocycles. The van der Waals surface area contributed by atoms with Crippen molar-refractivity contribution in [2.45, 2.75) is 32.3 Å². The molecule has 1 N–H and O–H groups in total. The molecule has 0 saturated heterocycles. The first-order valence-corrected chi connectivity index (χ1v) is 8.49. The van der Waals surface area contributed by atoms with E-state index in [9.17, 15) is 14.3 Å². The van der Waals surface area contributed by atoms with Crippen LogP contribution >= 0.6 is 0 Å². The number of carbonyl (C=O) groups is 1. The number of aromatic carboxylic acids is 1. The van der Waals surface area contributed by atoms with Crippen molar-refractivity contribution >= 4 is 5.97 Å². The van der Waals surface area contributed by atoms with E-state index >= 15 is 0 Å². The zero-order chi connectivity index (χ0) is 17.6. The quantitative estimate of drug-likeness (QED) is 0.793. The fraction of sp³-hybridized carbons (Fsp3) is 0.350. The maximum absolute atomic E-state index is 13.2. The van der Waals surface area contributed by atoms with Gasteiger partial charge >= 0.3 is 5.97 Å². The average molecular weight is 344 g/mol. The van der Waals surface area contributed by atoms with Gasteiger partial charge in [0.05, 0.1) is 6.61 Å². The highest BCUT2D eigenvalue weighted by Gasteiger charge is 2.18. The molecule has 0 aliphatic heterocycles. The molecular formula is C20H21FO4. The van der Waals surface area contributed by atoms with E-state index in [1.54, 1.807) is 24.3 Å². The summed E-state index contributed by atoms with van der Waals surface area (Å²) < 4.78 is 24.5. The summed E-state index contributed by atoms with van der Waals surface area (Å²) in [5.41, 5.74) is 0.758. The zero-order valence-corrected chi connectivity index (χ0v) is 13.9. The first-order valence-electron chi connectivity index (χ1n) is 8.49.